The van der Waals surface area contributed by atoms with E-state index in [9.17, 15) is 18.0 Å². The van der Waals surface area contributed by atoms with E-state index in [2.05, 4.69) is 20.3 Å². The second-order valence-corrected chi connectivity index (χ2v) is 9.64. The van der Waals surface area contributed by atoms with Crippen LogP contribution in [-0.2, 0) is 19.6 Å². The molecule has 1 aromatic heterocycles. The molecule has 2 rings (SSSR count). The SMILES string of the molecule is COC(=O)CSc1nnc(NC(=O)c2ccc(C)c(N(C)S(C)(=O)=O)c2)s1. The zero-order valence-corrected chi connectivity index (χ0v) is 17.5. The minimum atomic E-state index is -3.45. The molecule has 0 saturated carbocycles. The number of carbonyl (C=O) groups excluding carboxylic acids is 2. The van der Waals surface area contributed by atoms with Gasteiger partial charge in [0.25, 0.3) is 5.91 Å². The zero-order chi connectivity index (χ0) is 20.2. The smallest absolute Gasteiger partial charge is 0.316 e. The van der Waals surface area contributed by atoms with E-state index in [0.29, 0.717) is 10.0 Å². The second-order valence-electron chi connectivity index (χ2n) is 5.42. The quantitative estimate of drug-likeness (QED) is 0.401. The fourth-order valence-corrected chi connectivity index (χ4v) is 4.07. The van der Waals surface area contributed by atoms with Crippen molar-refractivity contribution < 1.29 is 22.7 Å². The average molecular weight is 431 g/mol. The summed E-state index contributed by atoms with van der Waals surface area (Å²) in [6.07, 6.45) is 1.09. The van der Waals surface area contributed by atoms with Gasteiger partial charge in [-0.15, -0.1) is 10.2 Å². The Balaban J connectivity index is 2.13. The van der Waals surface area contributed by atoms with Gasteiger partial charge in [-0.2, -0.15) is 0 Å². The molecule has 0 aliphatic rings. The molecule has 12 heteroatoms. The van der Waals surface area contributed by atoms with Crippen molar-refractivity contribution in [2.45, 2.75) is 11.3 Å². The van der Waals surface area contributed by atoms with Crippen molar-refractivity contribution in [1.29, 1.82) is 0 Å². The van der Waals surface area contributed by atoms with Crippen molar-refractivity contribution in [3.63, 3.8) is 0 Å². The number of esters is 1. The largest absolute Gasteiger partial charge is 0.468 e. The first-order chi connectivity index (χ1) is 12.6. The molecule has 2 aromatic rings. The number of aromatic nitrogens is 2. The van der Waals surface area contributed by atoms with Crippen LogP contribution in [0.4, 0.5) is 10.8 Å². The molecule has 1 aromatic carbocycles. The number of rotatable bonds is 7. The first-order valence-corrected chi connectivity index (χ1v) is 11.2. The first kappa shape index (κ1) is 21.1. The Morgan fingerprint density at radius 2 is 2.04 bits per heavy atom. The summed E-state index contributed by atoms with van der Waals surface area (Å²) in [7, 11) is -0.728. The van der Waals surface area contributed by atoms with Crippen LogP contribution >= 0.6 is 23.1 Å². The number of carbonyl (C=O) groups is 2. The topological polar surface area (TPSA) is 119 Å². The summed E-state index contributed by atoms with van der Waals surface area (Å²) in [4.78, 5) is 23.6. The molecule has 1 heterocycles. The van der Waals surface area contributed by atoms with E-state index in [4.69, 9.17) is 0 Å². The van der Waals surface area contributed by atoms with Gasteiger partial charge >= 0.3 is 5.97 Å². The van der Waals surface area contributed by atoms with Gasteiger partial charge in [-0.1, -0.05) is 29.2 Å². The standard InChI is InChI=1S/C15H18N4O5S3/c1-9-5-6-10(7-11(9)19(2)27(4,22)23)13(21)16-14-17-18-15(26-14)25-8-12(20)24-3/h5-7H,8H2,1-4H3,(H,16,17,21). The number of hydrogen-bond acceptors (Lipinski definition) is 9. The molecule has 0 aliphatic heterocycles. The van der Waals surface area contributed by atoms with Crippen LogP contribution in [0.25, 0.3) is 0 Å². The molecule has 0 bridgehead atoms. The monoisotopic (exact) mass is 430 g/mol. The molecule has 9 nitrogen and oxygen atoms in total. The number of aryl methyl sites for hydroxylation is 1. The molecule has 1 amide bonds. The highest BCUT2D eigenvalue weighted by molar-refractivity contribution is 8.01. The minimum Gasteiger partial charge on any atom is -0.468 e. The van der Waals surface area contributed by atoms with Gasteiger partial charge in [-0.25, -0.2) is 8.42 Å². The van der Waals surface area contributed by atoms with E-state index in [1.807, 2.05) is 0 Å². The van der Waals surface area contributed by atoms with Crippen molar-refractivity contribution >= 4 is 55.8 Å². The van der Waals surface area contributed by atoms with Crippen LogP contribution in [0.15, 0.2) is 22.5 Å². The predicted octanol–water partition coefficient (Wildman–Crippen LogP) is 1.76. The molecule has 0 fully saturated rings. The van der Waals surface area contributed by atoms with Crippen LogP contribution in [0.5, 0.6) is 0 Å². The lowest BCUT2D eigenvalue weighted by molar-refractivity contribution is -0.137. The molecule has 0 spiro atoms. The second kappa shape index (κ2) is 8.67. The number of nitrogens with zero attached hydrogens (tertiary/aromatic N) is 3. The number of amides is 1. The molecule has 0 radical (unpaired) electrons. The van der Waals surface area contributed by atoms with Gasteiger partial charge in [0.05, 0.1) is 24.8 Å². The highest BCUT2D eigenvalue weighted by atomic mass is 32.2. The number of sulfonamides is 1. The molecule has 0 atom stereocenters. The fraction of sp³-hybridized carbons (Fsp3) is 0.333. The van der Waals surface area contributed by atoms with E-state index < -0.39 is 15.9 Å². The van der Waals surface area contributed by atoms with E-state index in [-0.39, 0.29) is 22.4 Å². The van der Waals surface area contributed by atoms with Gasteiger partial charge in [-0.05, 0) is 24.6 Å². The Kier molecular flexibility index (Phi) is 6.78. The van der Waals surface area contributed by atoms with Gasteiger partial charge in [-0.3, -0.25) is 19.2 Å². The number of hydrogen-bond donors (Lipinski definition) is 1. The third-order valence-corrected chi connectivity index (χ3v) is 6.61. The third-order valence-electron chi connectivity index (χ3n) is 3.48. The summed E-state index contributed by atoms with van der Waals surface area (Å²) in [6, 6.07) is 4.77. The molecule has 0 saturated heterocycles. The van der Waals surface area contributed by atoms with Crippen LogP contribution < -0.4 is 9.62 Å². The molecular weight excluding hydrogens is 412 g/mol. The predicted molar refractivity (Wildman–Crippen MR) is 105 cm³/mol. The molecule has 0 aliphatic carbocycles. The molecule has 1 N–H and O–H groups in total. The Bertz CT molecular complexity index is 958. The van der Waals surface area contributed by atoms with Crippen LogP contribution in [-0.4, -0.2) is 56.7 Å². The Morgan fingerprint density at radius 3 is 2.67 bits per heavy atom. The number of thioether (sulfide) groups is 1. The van der Waals surface area contributed by atoms with E-state index in [1.165, 1.54) is 20.2 Å². The van der Waals surface area contributed by atoms with Crippen molar-refractivity contribution in [2.75, 3.05) is 35.8 Å². The molecular formula is C15H18N4O5S3. The highest BCUT2D eigenvalue weighted by Crippen LogP contribution is 2.27. The summed E-state index contributed by atoms with van der Waals surface area (Å²) in [5.74, 6) is -0.736. The van der Waals surface area contributed by atoms with Crippen LogP contribution in [0.1, 0.15) is 15.9 Å². The number of nitrogens with one attached hydrogen (secondary N) is 1. The highest BCUT2D eigenvalue weighted by Gasteiger charge is 2.17. The van der Waals surface area contributed by atoms with Gasteiger partial charge < -0.3 is 4.74 Å². The van der Waals surface area contributed by atoms with Crippen LogP contribution in [0.2, 0.25) is 0 Å². The first-order valence-electron chi connectivity index (χ1n) is 7.51. The van der Waals surface area contributed by atoms with Crippen molar-refractivity contribution in [2.24, 2.45) is 0 Å². The van der Waals surface area contributed by atoms with Crippen molar-refractivity contribution in [3.8, 4) is 0 Å². The van der Waals surface area contributed by atoms with Gasteiger partial charge in [0, 0.05) is 12.6 Å². The van der Waals surface area contributed by atoms with Gasteiger partial charge in [0.15, 0.2) is 4.34 Å². The lowest BCUT2D eigenvalue weighted by atomic mass is 10.1. The summed E-state index contributed by atoms with van der Waals surface area (Å²) >= 11 is 2.27. The molecule has 0 unspecified atom stereocenters. The number of anilines is 2. The number of benzene rings is 1. The normalized spacial score (nSPS) is 11.1. The average Bonchev–Trinajstić information content (AvgIpc) is 3.05. The van der Waals surface area contributed by atoms with Crippen LogP contribution in [0, 0.1) is 6.92 Å². The van der Waals surface area contributed by atoms with E-state index >= 15 is 0 Å². The number of methoxy groups -OCH3 is 1. The fourth-order valence-electron chi connectivity index (χ4n) is 1.94. The molecule has 27 heavy (non-hydrogen) atoms. The third kappa shape index (κ3) is 5.65. The van der Waals surface area contributed by atoms with Gasteiger partial charge in [0.1, 0.15) is 0 Å². The maximum Gasteiger partial charge on any atom is 0.316 e. The van der Waals surface area contributed by atoms with E-state index in [0.717, 1.165) is 39.2 Å². The Morgan fingerprint density at radius 1 is 1.33 bits per heavy atom. The Labute approximate surface area is 165 Å². The maximum atomic E-state index is 12.5. The van der Waals surface area contributed by atoms with E-state index in [1.54, 1.807) is 19.1 Å². The lowest BCUT2D eigenvalue weighted by Gasteiger charge is -2.19. The van der Waals surface area contributed by atoms with Crippen molar-refractivity contribution in [1.82, 2.24) is 10.2 Å². The zero-order valence-electron chi connectivity index (χ0n) is 15.0. The number of ether oxygens (including phenoxy) is 1. The summed E-state index contributed by atoms with van der Waals surface area (Å²) in [5.41, 5.74) is 1.42. The van der Waals surface area contributed by atoms with Gasteiger partial charge in [0.2, 0.25) is 15.2 Å². The summed E-state index contributed by atoms with van der Waals surface area (Å²) < 4.78 is 29.7. The maximum absolute atomic E-state index is 12.5. The Hall–Kier alpha value is -2.18. The lowest BCUT2D eigenvalue weighted by Crippen LogP contribution is -2.26. The van der Waals surface area contributed by atoms with Crippen LogP contribution in [0.3, 0.4) is 0 Å². The summed E-state index contributed by atoms with van der Waals surface area (Å²) in [5, 5.41) is 10.6. The molecule has 146 valence electrons. The van der Waals surface area contributed by atoms with Crippen molar-refractivity contribution in [3.05, 3.63) is 29.3 Å². The summed E-state index contributed by atoms with van der Waals surface area (Å²) in [6.45, 7) is 1.76. The minimum absolute atomic E-state index is 0.0955.